The Labute approximate surface area is 135 Å². The van der Waals surface area contributed by atoms with Crippen LogP contribution in [0.25, 0.3) is 0 Å². The summed E-state index contributed by atoms with van der Waals surface area (Å²) in [5, 5.41) is 2.76. The Morgan fingerprint density at radius 3 is 2.17 bits per heavy atom. The van der Waals surface area contributed by atoms with Gasteiger partial charge < -0.3 is 14.8 Å². The molecule has 0 atom stereocenters. The molecule has 0 bridgehead atoms. The second-order valence-corrected chi connectivity index (χ2v) is 4.75. The number of ether oxygens (including phenoxy) is 2. The third-order valence-corrected chi connectivity index (χ3v) is 3.10. The lowest BCUT2D eigenvalue weighted by Crippen LogP contribution is -2.28. The van der Waals surface area contributed by atoms with Crippen LogP contribution in [0.2, 0.25) is 0 Å². The molecule has 1 N–H and O–H groups in total. The average Bonchev–Trinajstić information content (AvgIpc) is 2.60. The topological polar surface area (TPSA) is 64.6 Å². The predicted octanol–water partition coefficient (Wildman–Crippen LogP) is 2.71. The third kappa shape index (κ3) is 5.14. The van der Waals surface area contributed by atoms with Gasteiger partial charge in [0.15, 0.2) is 0 Å². The summed E-state index contributed by atoms with van der Waals surface area (Å²) in [5.41, 5.74) is 1.05. The highest BCUT2D eigenvalue weighted by Crippen LogP contribution is 2.17. The van der Waals surface area contributed by atoms with Crippen molar-refractivity contribution in [1.82, 2.24) is 5.32 Å². The minimum absolute atomic E-state index is 0.197. The summed E-state index contributed by atoms with van der Waals surface area (Å²) in [6.07, 6.45) is 0.742. The lowest BCUT2D eigenvalue weighted by Gasteiger charge is -2.09. The predicted molar refractivity (Wildman–Crippen MR) is 87.3 cm³/mol. The van der Waals surface area contributed by atoms with Crippen LogP contribution in [0.5, 0.6) is 11.5 Å². The highest BCUT2D eigenvalue weighted by Gasteiger charge is 2.04. The Kier molecular flexibility index (Phi) is 6.17. The molecule has 0 aliphatic rings. The number of carbonyl (C=O) groups excluding carboxylic acids is 2. The van der Waals surface area contributed by atoms with Gasteiger partial charge in [-0.25, -0.2) is 0 Å². The van der Waals surface area contributed by atoms with Crippen molar-refractivity contribution in [1.29, 1.82) is 0 Å². The molecule has 5 nitrogen and oxygen atoms in total. The van der Waals surface area contributed by atoms with E-state index in [1.54, 1.807) is 24.3 Å². The van der Waals surface area contributed by atoms with E-state index in [-0.39, 0.29) is 5.91 Å². The first-order valence-corrected chi connectivity index (χ1v) is 7.42. The molecule has 2 aromatic rings. The van der Waals surface area contributed by atoms with Gasteiger partial charge in [0.25, 0.3) is 5.91 Å². The fourth-order valence-corrected chi connectivity index (χ4v) is 1.95. The molecule has 0 unspecified atom stereocenters. The van der Waals surface area contributed by atoms with Gasteiger partial charge in [-0.2, -0.15) is 0 Å². The van der Waals surface area contributed by atoms with Gasteiger partial charge >= 0.3 is 0 Å². The van der Waals surface area contributed by atoms with Crippen molar-refractivity contribution in [3.8, 4) is 11.5 Å². The molecule has 0 radical (unpaired) electrons. The van der Waals surface area contributed by atoms with E-state index in [9.17, 15) is 9.59 Å². The maximum atomic E-state index is 11.9. The minimum Gasteiger partial charge on any atom is -0.494 e. The van der Waals surface area contributed by atoms with Gasteiger partial charge in [0.05, 0.1) is 13.2 Å². The van der Waals surface area contributed by atoms with Crippen LogP contribution in [-0.2, 0) is 0 Å². The van der Waals surface area contributed by atoms with Crippen LogP contribution in [0, 0.1) is 0 Å². The van der Waals surface area contributed by atoms with Crippen LogP contribution in [0.4, 0.5) is 0 Å². The number of nitrogens with one attached hydrogen (secondary N) is 1. The fourth-order valence-electron chi connectivity index (χ4n) is 1.95. The molecule has 5 heteroatoms. The van der Waals surface area contributed by atoms with Gasteiger partial charge in [0, 0.05) is 11.1 Å². The second kappa shape index (κ2) is 8.58. The zero-order valence-electron chi connectivity index (χ0n) is 13.0. The van der Waals surface area contributed by atoms with E-state index in [4.69, 9.17) is 9.47 Å². The number of benzene rings is 2. The van der Waals surface area contributed by atoms with Gasteiger partial charge in [-0.05, 0) is 43.3 Å². The van der Waals surface area contributed by atoms with E-state index in [2.05, 4.69) is 5.32 Å². The molecule has 0 aromatic heterocycles. The van der Waals surface area contributed by atoms with Gasteiger partial charge in [-0.15, -0.1) is 0 Å². The summed E-state index contributed by atoms with van der Waals surface area (Å²) >= 11 is 0. The quantitative estimate of drug-likeness (QED) is 0.601. The lowest BCUT2D eigenvalue weighted by atomic mass is 10.1. The molecule has 0 saturated heterocycles. The average molecular weight is 313 g/mol. The Morgan fingerprint density at radius 1 is 1.00 bits per heavy atom. The molecule has 0 spiro atoms. The number of rotatable bonds is 8. The molecule has 2 rings (SSSR count). The van der Waals surface area contributed by atoms with Crippen LogP contribution in [0.3, 0.4) is 0 Å². The number of aldehydes is 1. The van der Waals surface area contributed by atoms with Crippen LogP contribution in [0.1, 0.15) is 27.6 Å². The monoisotopic (exact) mass is 313 g/mol. The number of hydrogen-bond acceptors (Lipinski definition) is 4. The molecule has 23 heavy (non-hydrogen) atoms. The zero-order valence-corrected chi connectivity index (χ0v) is 13.0. The number of amides is 1. The highest BCUT2D eigenvalue weighted by molar-refractivity contribution is 5.94. The van der Waals surface area contributed by atoms with E-state index < -0.39 is 0 Å². The van der Waals surface area contributed by atoms with Crippen molar-refractivity contribution in [3.63, 3.8) is 0 Å². The van der Waals surface area contributed by atoms with Crippen molar-refractivity contribution < 1.29 is 19.1 Å². The van der Waals surface area contributed by atoms with Crippen LogP contribution in [-0.4, -0.2) is 32.0 Å². The first-order chi connectivity index (χ1) is 11.2. The van der Waals surface area contributed by atoms with Crippen molar-refractivity contribution in [3.05, 3.63) is 59.7 Å². The van der Waals surface area contributed by atoms with Crippen molar-refractivity contribution in [2.45, 2.75) is 6.92 Å². The first kappa shape index (κ1) is 16.5. The van der Waals surface area contributed by atoms with Gasteiger partial charge in [-0.1, -0.05) is 12.1 Å². The Hall–Kier alpha value is -2.82. The number of carbonyl (C=O) groups is 2. The normalized spacial score (nSPS) is 9.96. The lowest BCUT2D eigenvalue weighted by molar-refractivity contribution is 0.0946. The van der Waals surface area contributed by atoms with Crippen molar-refractivity contribution in [2.24, 2.45) is 0 Å². The third-order valence-electron chi connectivity index (χ3n) is 3.10. The summed E-state index contributed by atoms with van der Waals surface area (Å²) in [7, 11) is 0. The smallest absolute Gasteiger partial charge is 0.251 e. The maximum Gasteiger partial charge on any atom is 0.251 e. The maximum absolute atomic E-state index is 11.9. The largest absolute Gasteiger partial charge is 0.494 e. The van der Waals surface area contributed by atoms with Gasteiger partial charge in [0.1, 0.15) is 24.4 Å². The van der Waals surface area contributed by atoms with Crippen LogP contribution in [0.15, 0.2) is 48.5 Å². The molecule has 0 heterocycles. The Bertz CT molecular complexity index is 635. The summed E-state index contributed by atoms with van der Waals surface area (Å²) in [4.78, 5) is 22.5. The van der Waals surface area contributed by atoms with E-state index in [0.29, 0.717) is 30.9 Å². The molecule has 0 fully saturated rings. The van der Waals surface area contributed by atoms with E-state index in [1.807, 2.05) is 31.2 Å². The van der Waals surface area contributed by atoms with Crippen molar-refractivity contribution in [2.75, 3.05) is 19.8 Å². The molecule has 0 aliphatic carbocycles. The van der Waals surface area contributed by atoms with Crippen LogP contribution < -0.4 is 14.8 Å². The summed E-state index contributed by atoms with van der Waals surface area (Å²) in [6.45, 7) is 3.31. The minimum atomic E-state index is -0.197. The van der Waals surface area contributed by atoms with E-state index in [0.717, 1.165) is 17.8 Å². The molecular weight excluding hydrogens is 294 g/mol. The van der Waals surface area contributed by atoms with Crippen molar-refractivity contribution >= 4 is 12.2 Å². The second-order valence-electron chi connectivity index (χ2n) is 4.75. The zero-order chi connectivity index (χ0) is 16.5. The summed E-state index contributed by atoms with van der Waals surface area (Å²) < 4.78 is 10.9. The molecule has 120 valence electrons. The van der Waals surface area contributed by atoms with Gasteiger partial charge in [-0.3, -0.25) is 9.59 Å². The number of hydrogen-bond donors (Lipinski definition) is 1. The highest BCUT2D eigenvalue weighted by atomic mass is 16.5. The molecular formula is C18H19NO4. The van der Waals surface area contributed by atoms with Crippen LogP contribution >= 0.6 is 0 Å². The first-order valence-electron chi connectivity index (χ1n) is 7.42. The summed E-state index contributed by atoms with van der Waals surface area (Å²) in [5.74, 6) is 1.32. The molecule has 0 aliphatic heterocycles. The Morgan fingerprint density at radius 2 is 1.61 bits per heavy atom. The molecule has 1 amide bonds. The van der Waals surface area contributed by atoms with E-state index in [1.165, 1.54) is 0 Å². The summed E-state index contributed by atoms with van der Waals surface area (Å²) in [6, 6.07) is 13.8. The standard InChI is InChI=1S/C18H19NO4/c1-2-22-16-7-9-17(10-8-16)23-12-11-19-18(21)15-5-3-14(13-20)4-6-15/h3-10,13H,2,11-12H2,1H3,(H,19,21). The Balaban J connectivity index is 1.73. The van der Waals surface area contributed by atoms with E-state index >= 15 is 0 Å². The van der Waals surface area contributed by atoms with Gasteiger partial charge in [0.2, 0.25) is 0 Å². The molecule has 2 aromatic carbocycles. The SMILES string of the molecule is CCOc1ccc(OCCNC(=O)c2ccc(C=O)cc2)cc1. The molecule has 0 saturated carbocycles. The fraction of sp³-hybridized carbons (Fsp3) is 0.222.